The molecule has 210 valence electrons. The molecule has 0 saturated heterocycles. The molecule has 0 radical (unpaired) electrons. The highest BCUT2D eigenvalue weighted by Gasteiger charge is 2.43. The van der Waals surface area contributed by atoms with Crippen molar-refractivity contribution in [2.24, 2.45) is 5.73 Å². The van der Waals surface area contributed by atoms with E-state index in [9.17, 15) is 0 Å². The van der Waals surface area contributed by atoms with Crippen LogP contribution in [-0.2, 0) is 10.8 Å². The van der Waals surface area contributed by atoms with Crippen LogP contribution in [0.25, 0.3) is 0 Å². The van der Waals surface area contributed by atoms with Gasteiger partial charge in [0.1, 0.15) is 6.54 Å². The van der Waals surface area contributed by atoms with Gasteiger partial charge >= 0.3 is 0 Å². The van der Waals surface area contributed by atoms with Crippen LogP contribution >= 0.6 is 0 Å². The minimum absolute atomic E-state index is 0.00842. The SMILES string of the molecule is CCN1/C(=C/C=C2\CCCC(/C=C/C3=[N+](CC)c4ccccc4C3(C)C)=C2CCCN)C(C)(C)c2ccccc21. The first-order valence-corrected chi connectivity index (χ1v) is 15.4. The number of likely N-dealkylation sites (N-methyl/N-ethyl adjacent to an activating group) is 1. The summed E-state index contributed by atoms with van der Waals surface area (Å²) in [7, 11) is 0. The number of benzene rings is 2. The van der Waals surface area contributed by atoms with E-state index < -0.39 is 0 Å². The fraction of sp³-hybridized carbons (Fsp3) is 0.432. The zero-order valence-electron chi connectivity index (χ0n) is 25.6. The molecule has 0 unspecified atom stereocenters. The molecule has 0 fully saturated rings. The number of rotatable bonds is 8. The van der Waals surface area contributed by atoms with E-state index in [-0.39, 0.29) is 10.8 Å². The van der Waals surface area contributed by atoms with Gasteiger partial charge in [-0.3, -0.25) is 0 Å². The Kier molecular flexibility index (Phi) is 8.06. The van der Waals surface area contributed by atoms with E-state index in [4.69, 9.17) is 5.73 Å². The van der Waals surface area contributed by atoms with E-state index in [1.165, 1.54) is 57.1 Å². The zero-order chi connectivity index (χ0) is 28.5. The zero-order valence-corrected chi connectivity index (χ0v) is 25.6. The van der Waals surface area contributed by atoms with Gasteiger partial charge in [-0.15, -0.1) is 0 Å². The van der Waals surface area contributed by atoms with E-state index >= 15 is 0 Å². The fourth-order valence-electron chi connectivity index (χ4n) is 7.27. The standard InChI is InChI=1S/C37H48N3/c1-7-39-32-20-11-9-18-30(32)36(3,4)34(39)24-22-27-15-13-16-28(29(27)17-14-26-38)23-25-35-37(5,6)31-19-10-12-21-33(31)40(35)8-2/h9-12,18-25H,7-8,13-17,26,38H2,1-6H3/q+1. The first kappa shape index (κ1) is 28.4. The van der Waals surface area contributed by atoms with Crippen LogP contribution < -0.4 is 10.6 Å². The Morgan fingerprint density at radius 1 is 0.875 bits per heavy atom. The normalized spacial score (nSPS) is 21.7. The molecule has 1 aliphatic carbocycles. The molecule has 2 aromatic rings. The maximum atomic E-state index is 6.04. The molecule has 0 spiro atoms. The summed E-state index contributed by atoms with van der Waals surface area (Å²) in [6, 6.07) is 17.8. The average molecular weight is 535 g/mol. The lowest BCUT2D eigenvalue weighted by Gasteiger charge is -2.26. The summed E-state index contributed by atoms with van der Waals surface area (Å²) >= 11 is 0. The van der Waals surface area contributed by atoms with Crippen molar-refractivity contribution in [3.8, 4) is 0 Å². The van der Waals surface area contributed by atoms with Crippen molar-refractivity contribution < 1.29 is 4.58 Å². The van der Waals surface area contributed by atoms with Gasteiger partial charge in [0.05, 0.1) is 5.41 Å². The topological polar surface area (TPSA) is 32.3 Å². The van der Waals surface area contributed by atoms with Crippen LogP contribution in [0.1, 0.15) is 84.8 Å². The Balaban J connectivity index is 1.54. The van der Waals surface area contributed by atoms with Gasteiger partial charge in [-0.25, -0.2) is 0 Å². The predicted octanol–water partition coefficient (Wildman–Crippen LogP) is 8.49. The average Bonchev–Trinajstić information content (AvgIpc) is 3.32. The predicted molar refractivity (Wildman–Crippen MR) is 172 cm³/mol. The van der Waals surface area contributed by atoms with E-state index in [2.05, 4.69) is 124 Å². The molecule has 0 saturated carbocycles. The van der Waals surface area contributed by atoms with Gasteiger partial charge in [0.15, 0.2) is 5.71 Å². The van der Waals surface area contributed by atoms with Crippen LogP contribution in [0.15, 0.2) is 95.3 Å². The van der Waals surface area contributed by atoms with Crippen molar-refractivity contribution in [2.75, 3.05) is 24.5 Å². The molecule has 2 aliphatic heterocycles. The van der Waals surface area contributed by atoms with Crippen molar-refractivity contribution in [3.63, 3.8) is 0 Å². The Morgan fingerprint density at radius 3 is 2.33 bits per heavy atom. The third-order valence-corrected chi connectivity index (χ3v) is 9.41. The molecule has 0 amide bonds. The Bertz CT molecular complexity index is 1430. The fourth-order valence-corrected chi connectivity index (χ4v) is 7.27. The summed E-state index contributed by atoms with van der Waals surface area (Å²) in [5.41, 5.74) is 18.8. The van der Waals surface area contributed by atoms with Crippen molar-refractivity contribution in [1.82, 2.24) is 0 Å². The molecule has 0 bridgehead atoms. The highest BCUT2D eigenvalue weighted by atomic mass is 15.2. The molecule has 3 heteroatoms. The minimum Gasteiger partial charge on any atom is -0.344 e. The van der Waals surface area contributed by atoms with Crippen molar-refractivity contribution in [1.29, 1.82) is 0 Å². The Morgan fingerprint density at radius 2 is 1.60 bits per heavy atom. The van der Waals surface area contributed by atoms with E-state index in [0.717, 1.165) is 45.3 Å². The second-order valence-electron chi connectivity index (χ2n) is 12.5. The number of hydrogen-bond donors (Lipinski definition) is 1. The maximum Gasteiger partial charge on any atom is 0.209 e. The second-order valence-corrected chi connectivity index (χ2v) is 12.5. The van der Waals surface area contributed by atoms with E-state index in [0.29, 0.717) is 0 Å². The van der Waals surface area contributed by atoms with Gasteiger partial charge in [0.25, 0.3) is 0 Å². The van der Waals surface area contributed by atoms with Crippen molar-refractivity contribution in [3.05, 3.63) is 106 Å². The lowest BCUT2D eigenvalue weighted by atomic mass is 9.80. The molecule has 3 aliphatic rings. The molecule has 2 aromatic carbocycles. The van der Waals surface area contributed by atoms with Crippen molar-refractivity contribution >= 4 is 17.1 Å². The van der Waals surface area contributed by atoms with Crippen LogP contribution in [0.3, 0.4) is 0 Å². The third kappa shape index (κ3) is 4.83. The van der Waals surface area contributed by atoms with Gasteiger partial charge in [-0.2, -0.15) is 4.58 Å². The number of nitrogens with two attached hydrogens (primary N) is 1. The summed E-state index contributed by atoms with van der Waals surface area (Å²) in [6.07, 6.45) is 15.2. The van der Waals surface area contributed by atoms with Gasteiger partial charge in [-0.1, -0.05) is 62.4 Å². The highest BCUT2D eigenvalue weighted by molar-refractivity contribution is 6.03. The van der Waals surface area contributed by atoms with E-state index in [1.807, 2.05) is 0 Å². The molecule has 3 nitrogen and oxygen atoms in total. The van der Waals surface area contributed by atoms with Crippen LogP contribution in [0.2, 0.25) is 0 Å². The Hall–Kier alpha value is -3.17. The number of nitrogens with zero attached hydrogens (tertiary/aromatic N) is 2. The highest BCUT2D eigenvalue weighted by Crippen LogP contribution is 2.47. The van der Waals surface area contributed by atoms with Gasteiger partial charge in [0, 0.05) is 41.1 Å². The summed E-state index contributed by atoms with van der Waals surface area (Å²) in [5, 5.41) is 0. The molecule has 40 heavy (non-hydrogen) atoms. The van der Waals surface area contributed by atoms with Crippen molar-refractivity contribution in [2.45, 2.75) is 84.5 Å². The number of allylic oxidation sites excluding steroid dienone is 8. The summed E-state index contributed by atoms with van der Waals surface area (Å²) < 4.78 is 2.50. The molecule has 2 N–H and O–H groups in total. The van der Waals surface area contributed by atoms with Crippen LogP contribution in [-0.4, -0.2) is 29.9 Å². The molecule has 5 rings (SSSR count). The molecule has 2 heterocycles. The van der Waals surface area contributed by atoms with Gasteiger partial charge < -0.3 is 10.6 Å². The molecular weight excluding hydrogens is 486 g/mol. The summed E-state index contributed by atoms with van der Waals surface area (Å²) in [6.45, 7) is 16.7. The Labute approximate surface area is 242 Å². The first-order valence-electron chi connectivity index (χ1n) is 15.4. The number of para-hydroxylation sites is 2. The molecule has 0 atom stereocenters. The van der Waals surface area contributed by atoms with Gasteiger partial charge in [-0.05, 0) is 101 Å². The third-order valence-electron chi connectivity index (χ3n) is 9.41. The van der Waals surface area contributed by atoms with E-state index in [1.54, 1.807) is 0 Å². The van der Waals surface area contributed by atoms with Gasteiger partial charge in [0.2, 0.25) is 5.69 Å². The quantitative estimate of drug-likeness (QED) is 0.344. The number of hydrogen-bond acceptors (Lipinski definition) is 2. The second kappa shape index (κ2) is 11.4. The maximum absolute atomic E-state index is 6.04. The minimum atomic E-state index is -0.00842. The molecular formula is C37H48N3+. The molecule has 0 aromatic heterocycles. The number of fused-ring (bicyclic) bond motifs is 2. The summed E-state index contributed by atoms with van der Waals surface area (Å²) in [4.78, 5) is 2.50. The lowest BCUT2D eigenvalue weighted by molar-refractivity contribution is -0.433. The summed E-state index contributed by atoms with van der Waals surface area (Å²) in [5.74, 6) is 0. The first-order chi connectivity index (χ1) is 19.2. The smallest absolute Gasteiger partial charge is 0.209 e. The largest absolute Gasteiger partial charge is 0.344 e. The van der Waals surface area contributed by atoms with Crippen LogP contribution in [0, 0.1) is 0 Å². The number of anilines is 1. The van der Waals surface area contributed by atoms with Crippen LogP contribution in [0.5, 0.6) is 0 Å². The monoisotopic (exact) mass is 534 g/mol. The lowest BCUT2D eigenvalue weighted by Crippen LogP contribution is -2.27. The van der Waals surface area contributed by atoms with Crippen LogP contribution in [0.4, 0.5) is 11.4 Å².